The smallest absolute Gasteiger partial charge is 0.264 e. The predicted molar refractivity (Wildman–Crippen MR) is 135 cm³/mol. The Morgan fingerprint density at radius 3 is 2.68 bits per heavy atom. The fourth-order valence-electron chi connectivity index (χ4n) is 3.24. The molecule has 1 amide bonds. The van der Waals surface area contributed by atoms with Crippen molar-refractivity contribution < 1.29 is 14.3 Å². The quantitative estimate of drug-likeness (QED) is 0.429. The summed E-state index contributed by atoms with van der Waals surface area (Å²) in [6.07, 6.45) is 1.72. The van der Waals surface area contributed by atoms with Crippen LogP contribution in [0, 0.1) is 18.3 Å². The van der Waals surface area contributed by atoms with Crippen molar-refractivity contribution in [3.05, 3.63) is 92.8 Å². The Labute approximate surface area is 206 Å². The number of carbonyl (C=O) groups excluding carboxylic acids is 1. The third kappa shape index (κ3) is 5.42. The van der Waals surface area contributed by atoms with Crippen molar-refractivity contribution in [3.8, 4) is 17.6 Å². The SMILES string of the molecule is COc1cc(/C=C2/SC(=Nc3ccc(C)cc3)NC2=O)cc(Cl)c1OCc1ccccc1C#N. The van der Waals surface area contributed by atoms with E-state index in [0.29, 0.717) is 37.7 Å². The maximum Gasteiger partial charge on any atom is 0.264 e. The minimum absolute atomic E-state index is 0.164. The molecule has 0 atom stereocenters. The average molecular weight is 490 g/mol. The van der Waals surface area contributed by atoms with Gasteiger partial charge in [-0.1, -0.05) is 47.5 Å². The van der Waals surface area contributed by atoms with Gasteiger partial charge >= 0.3 is 0 Å². The first kappa shape index (κ1) is 23.4. The van der Waals surface area contributed by atoms with Crippen molar-refractivity contribution >= 4 is 46.2 Å². The number of aryl methyl sites for hydroxylation is 1. The highest BCUT2D eigenvalue weighted by Gasteiger charge is 2.24. The maximum atomic E-state index is 12.5. The molecule has 0 radical (unpaired) electrons. The molecule has 0 spiro atoms. The molecule has 0 bridgehead atoms. The third-order valence-electron chi connectivity index (χ3n) is 4.97. The van der Waals surface area contributed by atoms with Crippen LogP contribution >= 0.6 is 23.4 Å². The van der Waals surface area contributed by atoms with Crippen molar-refractivity contribution in [1.82, 2.24) is 5.32 Å². The molecule has 34 heavy (non-hydrogen) atoms. The Balaban J connectivity index is 1.54. The maximum absolute atomic E-state index is 12.5. The number of thioether (sulfide) groups is 1. The van der Waals surface area contributed by atoms with Crippen molar-refractivity contribution in [2.45, 2.75) is 13.5 Å². The minimum Gasteiger partial charge on any atom is -0.493 e. The molecule has 3 aromatic carbocycles. The molecule has 0 aliphatic carbocycles. The number of amidine groups is 1. The van der Waals surface area contributed by atoms with E-state index in [2.05, 4.69) is 16.4 Å². The van der Waals surface area contributed by atoms with Crippen LogP contribution in [0.3, 0.4) is 0 Å². The summed E-state index contributed by atoms with van der Waals surface area (Å²) in [5.74, 6) is 0.550. The molecule has 4 rings (SSSR count). The molecular formula is C26H20ClN3O3S. The van der Waals surface area contributed by atoms with Gasteiger partial charge in [-0.05, 0) is 60.7 Å². The van der Waals surface area contributed by atoms with Gasteiger partial charge in [0, 0.05) is 5.56 Å². The molecule has 1 aliphatic heterocycles. The van der Waals surface area contributed by atoms with Crippen LogP contribution in [0.2, 0.25) is 5.02 Å². The van der Waals surface area contributed by atoms with E-state index >= 15 is 0 Å². The lowest BCUT2D eigenvalue weighted by Gasteiger charge is -2.14. The van der Waals surface area contributed by atoms with Gasteiger partial charge in [0.15, 0.2) is 16.7 Å². The first-order valence-corrected chi connectivity index (χ1v) is 11.5. The number of hydrogen-bond donors (Lipinski definition) is 1. The number of carbonyl (C=O) groups is 1. The number of rotatable bonds is 6. The van der Waals surface area contributed by atoms with Crippen LogP contribution in [0.1, 0.15) is 22.3 Å². The number of hydrogen-bond acceptors (Lipinski definition) is 6. The summed E-state index contributed by atoms with van der Waals surface area (Å²) >= 11 is 7.75. The van der Waals surface area contributed by atoms with Gasteiger partial charge < -0.3 is 14.8 Å². The number of methoxy groups -OCH3 is 1. The van der Waals surface area contributed by atoms with Crippen LogP contribution in [-0.2, 0) is 11.4 Å². The second-order valence-electron chi connectivity index (χ2n) is 7.41. The average Bonchev–Trinajstić information content (AvgIpc) is 3.18. The lowest BCUT2D eigenvalue weighted by atomic mass is 10.1. The predicted octanol–water partition coefficient (Wildman–Crippen LogP) is 6.00. The van der Waals surface area contributed by atoms with Gasteiger partial charge in [-0.25, -0.2) is 4.99 Å². The molecule has 1 saturated heterocycles. The first-order valence-electron chi connectivity index (χ1n) is 10.3. The van der Waals surface area contributed by atoms with E-state index in [1.54, 1.807) is 30.3 Å². The van der Waals surface area contributed by atoms with Gasteiger partial charge in [0.1, 0.15) is 6.61 Å². The van der Waals surface area contributed by atoms with E-state index in [9.17, 15) is 10.1 Å². The molecule has 1 fully saturated rings. The molecule has 0 aromatic heterocycles. The summed E-state index contributed by atoms with van der Waals surface area (Å²) in [5.41, 5.74) is 3.86. The van der Waals surface area contributed by atoms with E-state index in [0.717, 1.165) is 16.8 Å². The molecule has 0 saturated carbocycles. The van der Waals surface area contributed by atoms with Gasteiger partial charge in [0.05, 0.1) is 34.4 Å². The number of nitrogens with zero attached hydrogens (tertiary/aromatic N) is 2. The molecule has 8 heteroatoms. The number of benzene rings is 3. The van der Waals surface area contributed by atoms with Gasteiger partial charge in [0.2, 0.25) is 0 Å². The lowest BCUT2D eigenvalue weighted by Crippen LogP contribution is -2.19. The standard InChI is InChI=1S/C26H20ClN3O3S/c1-16-7-9-20(10-8-16)29-26-30-25(31)23(34-26)13-17-11-21(27)24(22(12-17)32-2)33-15-19-6-4-3-5-18(19)14-28/h3-13H,15H2,1-2H3,(H,29,30,31)/b23-13+. The molecule has 6 nitrogen and oxygen atoms in total. The summed E-state index contributed by atoms with van der Waals surface area (Å²) < 4.78 is 11.4. The Bertz CT molecular complexity index is 1340. The first-order chi connectivity index (χ1) is 16.5. The summed E-state index contributed by atoms with van der Waals surface area (Å²) in [4.78, 5) is 17.4. The van der Waals surface area contributed by atoms with Crippen LogP contribution in [0.5, 0.6) is 11.5 Å². The molecule has 1 N–H and O–H groups in total. The minimum atomic E-state index is -0.237. The number of nitriles is 1. The third-order valence-corrected chi connectivity index (χ3v) is 6.17. The Hall–Kier alpha value is -3.73. The number of nitrogens with one attached hydrogen (secondary N) is 1. The topological polar surface area (TPSA) is 83.7 Å². The molecule has 0 unspecified atom stereocenters. The summed E-state index contributed by atoms with van der Waals surface area (Å²) in [6.45, 7) is 2.17. The van der Waals surface area contributed by atoms with Crippen LogP contribution in [0.4, 0.5) is 5.69 Å². The zero-order valence-corrected chi connectivity index (χ0v) is 20.0. The van der Waals surface area contributed by atoms with Crippen molar-refractivity contribution in [2.75, 3.05) is 7.11 Å². The largest absolute Gasteiger partial charge is 0.493 e. The van der Waals surface area contributed by atoms with Crippen molar-refractivity contribution in [3.63, 3.8) is 0 Å². The molecular weight excluding hydrogens is 470 g/mol. The fourth-order valence-corrected chi connectivity index (χ4v) is 4.35. The Kier molecular flexibility index (Phi) is 7.21. The Morgan fingerprint density at radius 1 is 1.18 bits per heavy atom. The van der Waals surface area contributed by atoms with Gasteiger partial charge in [-0.2, -0.15) is 5.26 Å². The molecule has 3 aromatic rings. The summed E-state index contributed by atoms with van der Waals surface area (Å²) in [5, 5.41) is 12.9. The van der Waals surface area contributed by atoms with E-state index in [1.165, 1.54) is 18.9 Å². The molecule has 1 heterocycles. The second kappa shape index (κ2) is 10.5. The van der Waals surface area contributed by atoms with Gasteiger partial charge in [0.25, 0.3) is 5.91 Å². The lowest BCUT2D eigenvalue weighted by molar-refractivity contribution is -0.115. The van der Waals surface area contributed by atoms with E-state index < -0.39 is 0 Å². The van der Waals surface area contributed by atoms with Crippen molar-refractivity contribution in [1.29, 1.82) is 5.26 Å². The number of amides is 1. The molecule has 170 valence electrons. The zero-order chi connectivity index (χ0) is 24.1. The normalized spacial score (nSPS) is 15.3. The van der Waals surface area contributed by atoms with Gasteiger partial charge in [-0.15, -0.1) is 0 Å². The highest BCUT2D eigenvalue weighted by Crippen LogP contribution is 2.38. The van der Waals surface area contributed by atoms with Crippen LogP contribution < -0.4 is 14.8 Å². The Morgan fingerprint density at radius 2 is 1.94 bits per heavy atom. The van der Waals surface area contributed by atoms with Crippen LogP contribution in [-0.4, -0.2) is 18.2 Å². The van der Waals surface area contributed by atoms with E-state index in [1.807, 2.05) is 43.3 Å². The second-order valence-corrected chi connectivity index (χ2v) is 8.85. The van der Waals surface area contributed by atoms with E-state index in [4.69, 9.17) is 21.1 Å². The van der Waals surface area contributed by atoms with Crippen LogP contribution in [0.15, 0.2) is 70.6 Å². The number of ether oxygens (including phenoxy) is 2. The highest BCUT2D eigenvalue weighted by molar-refractivity contribution is 8.18. The van der Waals surface area contributed by atoms with Gasteiger partial charge in [-0.3, -0.25) is 4.79 Å². The summed E-state index contributed by atoms with van der Waals surface area (Å²) in [6, 6.07) is 20.5. The number of halogens is 1. The molecule has 1 aliphatic rings. The monoisotopic (exact) mass is 489 g/mol. The fraction of sp³-hybridized carbons (Fsp3) is 0.115. The highest BCUT2D eigenvalue weighted by atomic mass is 35.5. The number of aliphatic imine (C=N–C) groups is 1. The zero-order valence-electron chi connectivity index (χ0n) is 18.5. The summed E-state index contributed by atoms with van der Waals surface area (Å²) in [7, 11) is 1.52. The van der Waals surface area contributed by atoms with Crippen LogP contribution in [0.25, 0.3) is 6.08 Å². The van der Waals surface area contributed by atoms with Crippen molar-refractivity contribution in [2.24, 2.45) is 4.99 Å². The van der Waals surface area contributed by atoms with E-state index in [-0.39, 0.29) is 12.5 Å².